The van der Waals surface area contributed by atoms with Crippen molar-refractivity contribution in [2.75, 3.05) is 20.2 Å². The minimum absolute atomic E-state index is 0.0222. The number of amides is 2. The lowest BCUT2D eigenvalue weighted by Gasteiger charge is -2.30. The van der Waals surface area contributed by atoms with Crippen LogP contribution in [0.4, 0.5) is 13.2 Å². The zero-order chi connectivity index (χ0) is 22.4. The van der Waals surface area contributed by atoms with Gasteiger partial charge in [0.05, 0.1) is 12.7 Å². The number of nitrogens with one attached hydrogen (secondary N) is 2. The highest BCUT2D eigenvalue weighted by Crippen LogP contribution is 2.40. The first kappa shape index (κ1) is 23.2. The smallest absolute Gasteiger partial charge is 0.424 e. The Hall–Kier alpha value is -3.08. The van der Waals surface area contributed by atoms with Crippen molar-refractivity contribution < 1.29 is 32.6 Å². The van der Waals surface area contributed by atoms with Crippen LogP contribution in [0, 0.1) is 0 Å². The standard InChI is InChI=1S/C19H23F3N4O4/c1-26-12-11-25-17(26)18(29,19(20,21)22)8-10-23-15(27)7-9-24-16(28)13-5-3-4-6-14(13)30-2/h3-6,11-12,29H,7-10H2,1-2H3,(H,23,27)(H,24,28)/t18-/m0/s1. The largest absolute Gasteiger partial charge is 0.496 e. The number of imidazole rings is 1. The van der Waals surface area contributed by atoms with Crippen molar-refractivity contribution in [1.29, 1.82) is 0 Å². The van der Waals surface area contributed by atoms with Crippen molar-refractivity contribution in [1.82, 2.24) is 20.2 Å². The first-order valence-corrected chi connectivity index (χ1v) is 9.05. The van der Waals surface area contributed by atoms with E-state index in [0.29, 0.717) is 11.3 Å². The second-order valence-electron chi connectivity index (χ2n) is 6.53. The van der Waals surface area contributed by atoms with Crippen molar-refractivity contribution in [3.8, 4) is 5.75 Å². The number of aryl methyl sites for hydroxylation is 1. The lowest BCUT2D eigenvalue weighted by molar-refractivity contribution is -0.272. The number of carbonyl (C=O) groups excluding carboxylic acids is 2. The van der Waals surface area contributed by atoms with E-state index in [1.807, 2.05) is 0 Å². The molecule has 1 atom stereocenters. The Balaban J connectivity index is 1.84. The molecule has 0 aliphatic heterocycles. The van der Waals surface area contributed by atoms with Gasteiger partial charge in [-0.2, -0.15) is 13.2 Å². The molecule has 0 spiro atoms. The summed E-state index contributed by atoms with van der Waals surface area (Å²) in [5.41, 5.74) is -2.90. The summed E-state index contributed by atoms with van der Waals surface area (Å²) in [5, 5.41) is 15.1. The normalized spacial score (nSPS) is 13.4. The summed E-state index contributed by atoms with van der Waals surface area (Å²) in [6.45, 7) is -0.451. The topological polar surface area (TPSA) is 105 Å². The summed E-state index contributed by atoms with van der Waals surface area (Å²) in [6.07, 6.45) is -3.49. The molecule has 2 rings (SSSR count). The van der Waals surface area contributed by atoms with Gasteiger partial charge in [0.15, 0.2) is 0 Å². The molecular weight excluding hydrogens is 405 g/mol. The van der Waals surface area contributed by atoms with Crippen molar-refractivity contribution in [2.24, 2.45) is 7.05 Å². The van der Waals surface area contributed by atoms with Gasteiger partial charge in [-0.05, 0) is 12.1 Å². The highest BCUT2D eigenvalue weighted by atomic mass is 19.4. The van der Waals surface area contributed by atoms with E-state index in [1.165, 1.54) is 20.4 Å². The molecule has 0 unspecified atom stereocenters. The van der Waals surface area contributed by atoms with E-state index in [0.717, 1.165) is 10.8 Å². The molecule has 0 aliphatic carbocycles. The molecule has 11 heteroatoms. The van der Waals surface area contributed by atoms with Crippen molar-refractivity contribution in [2.45, 2.75) is 24.6 Å². The number of nitrogens with zero attached hydrogens (tertiary/aromatic N) is 2. The molecule has 30 heavy (non-hydrogen) atoms. The number of hydrogen-bond donors (Lipinski definition) is 3. The molecule has 0 fully saturated rings. The van der Waals surface area contributed by atoms with Gasteiger partial charge in [-0.15, -0.1) is 0 Å². The molecule has 3 N–H and O–H groups in total. The zero-order valence-electron chi connectivity index (χ0n) is 16.5. The Morgan fingerprint density at radius 1 is 1.20 bits per heavy atom. The molecule has 1 aromatic carbocycles. The Bertz CT molecular complexity index is 885. The molecule has 2 aromatic rings. The van der Waals surface area contributed by atoms with Gasteiger partial charge in [0, 0.05) is 45.4 Å². The molecule has 8 nitrogen and oxygen atoms in total. The molecule has 0 saturated heterocycles. The number of methoxy groups -OCH3 is 1. The van der Waals surface area contributed by atoms with E-state index < -0.39 is 42.4 Å². The minimum Gasteiger partial charge on any atom is -0.496 e. The predicted octanol–water partition coefficient (Wildman–Crippen LogP) is 1.50. The fraction of sp³-hybridized carbons (Fsp3) is 0.421. The fourth-order valence-corrected chi connectivity index (χ4v) is 2.83. The summed E-state index contributed by atoms with van der Waals surface area (Å²) in [7, 11) is 2.76. The van der Waals surface area contributed by atoms with Crippen LogP contribution >= 0.6 is 0 Å². The number of rotatable bonds is 9. The van der Waals surface area contributed by atoms with E-state index in [1.54, 1.807) is 24.3 Å². The molecule has 164 valence electrons. The third-order valence-electron chi connectivity index (χ3n) is 4.46. The van der Waals surface area contributed by atoms with Crippen LogP contribution in [0.25, 0.3) is 0 Å². The van der Waals surface area contributed by atoms with E-state index in [4.69, 9.17) is 4.74 Å². The molecule has 1 heterocycles. The van der Waals surface area contributed by atoms with Gasteiger partial charge in [0.2, 0.25) is 11.5 Å². The highest BCUT2D eigenvalue weighted by molar-refractivity contribution is 5.97. The van der Waals surface area contributed by atoms with Crippen LogP contribution < -0.4 is 15.4 Å². The lowest BCUT2D eigenvalue weighted by atomic mass is 9.97. The molecule has 0 radical (unpaired) electrons. The van der Waals surface area contributed by atoms with Crippen LogP contribution in [0.15, 0.2) is 36.7 Å². The Labute approximate surface area is 171 Å². The Morgan fingerprint density at radius 2 is 1.90 bits per heavy atom. The predicted molar refractivity (Wildman–Crippen MR) is 101 cm³/mol. The number of ether oxygens (including phenoxy) is 1. The molecule has 0 aliphatic rings. The molecule has 2 amide bonds. The van der Waals surface area contributed by atoms with E-state index in [9.17, 15) is 27.9 Å². The third-order valence-corrected chi connectivity index (χ3v) is 4.46. The average molecular weight is 428 g/mol. The van der Waals surface area contributed by atoms with Crippen molar-refractivity contribution in [3.05, 3.63) is 48.0 Å². The van der Waals surface area contributed by atoms with Crippen LogP contribution in [-0.4, -0.2) is 52.8 Å². The van der Waals surface area contributed by atoms with Crippen LogP contribution in [0.2, 0.25) is 0 Å². The van der Waals surface area contributed by atoms with E-state index in [2.05, 4.69) is 15.6 Å². The van der Waals surface area contributed by atoms with Crippen LogP contribution in [0.5, 0.6) is 5.75 Å². The van der Waals surface area contributed by atoms with Gasteiger partial charge in [-0.3, -0.25) is 9.59 Å². The van der Waals surface area contributed by atoms with Crippen LogP contribution in [0.1, 0.15) is 29.0 Å². The minimum atomic E-state index is -4.97. The van der Waals surface area contributed by atoms with E-state index >= 15 is 0 Å². The van der Waals surface area contributed by atoms with Gasteiger partial charge in [0.25, 0.3) is 5.91 Å². The SMILES string of the molecule is COc1ccccc1C(=O)NCCC(=O)NCC[C@](O)(c1nccn1C)C(F)(F)F. The first-order chi connectivity index (χ1) is 14.1. The fourth-order valence-electron chi connectivity index (χ4n) is 2.83. The van der Waals surface area contributed by atoms with Gasteiger partial charge in [-0.25, -0.2) is 4.98 Å². The van der Waals surface area contributed by atoms with Crippen LogP contribution in [0.3, 0.4) is 0 Å². The molecule has 0 bridgehead atoms. The maximum atomic E-state index is 13.4. The third kappa shape index (κ3) is 5.29. The maximum absolute atomic E-state index is 13.4. The summed E-state index contributed by atoms with van der Waals surface area (Å²) in [5.74, 6) is -1.20. The highest BCUT2D eigenvalue weighted by Gasteiger charge is 2.57. The lowest BCUT2D eigenvalue weighted by Crippen LogP contribution is -2.46. The monoisotopic (exact) mass is 428 g/mol. The summed E-state index contributed by atoms with van der Waals surface area (Å²) in [6, 6.07) is 6.54. The number of aromatic nitrogens is 2. The van der Waals surface area contributed by atoms with Gasteiger partial charge < -0.3 is 25.0 Å². The number of halogens is 3. The number of benzene rings is 1. The maximum Gasteiger partial charge on any atom is 0.424 e. The number of carbonyl (C=O) groups is 2. The molecule has 0 saturated carbocycles. The number of hydrogen-bond acceptors (Lipinski definition) is 5. The van der Waals surface area contributed by atoms with Crippen LogP contribution in [-0.2, 0) is 17.4 Å². The Morgan fingerprint density at radius 3 is 2.50 bits per heavy atom. The number of aliphatic hydroxyl groups is 1. The zero-order valence-corrected chi connectivity index (χ0v) is 16.5. The summed E-state index contributed by atoms with van der Waals surface area (Å²) >= 11 is 0. The molecular formula is C19H23F3N4O4. The van der Waals surface area contributed by atoms with Gasteiger partial charge >= 0.3 is 6.18 Å². The quantitative estimate of drug-likeness (QED) is 0.562. The average Bonchev–Trinajstić information content (AvgIpc) is 3.13. The van der Waals surface area contributed by atoms with Crippen molar-refractivity contribution in [3.63, 3.8) is 0 Å². The summed E-state index contributed by atoms with van der Waals surface area (Å²) in [4.78, 5) is 27.6. The van der Waals surface area contributed by atoms with Gasteiger partial charge in [-0.1, -0.05) is 12.1 Å². The summed E-state index contributed by atoms with van der Waals surface area (Å²) < 4.78 is 46.4. The van der Waals surface area contributed by atoms with E-state index in [-0.39, 0.29) is 13.0 Å². The number of para-hydroxylation sites is 1. The van der Waals surface area contributed by atoms with Gasteiger partial charge in [0.1, 0.15) is 11.6 Å². The molecule has 1 aromatic heterocycles. The van der Waals surface area contributed by atoms with Crippen molar-refractivity contribution >= 4 is 11.8 Å². The number of alkyl halides is 3. The second kappa shape index (κ2) is 9.61. The Kier molecular flexibility index (Phi) is 7.43. The second-order valence-corrected chi connectivity index (χ2v) is 6.53. The first-order valence-electron chi connectivity index (χ1n) is 9.05.